The Morgan fingerprint density at radius 3 is 2.44 bits per heavy atom. The van der Waals surface area contributed by atoms with Gasteiger partial charge in [0, 0.05) is 11.6 Å². The Kier molecular flexibility index (Phi) is 2.76. The Balaban J connectivity index is 2.21. The third-order valence-corrected chi connectivity index (χ3v) is 3.35. The summed E-state index contributed by atoms with van der Waals surface area (Å²) in [4.78, 5) is 12.3. The van der Waals surface area contributed by atoms with Crippen LogP contribution in [0.2, 0.25) is 0 Å². The molecule has 3 nitrogen and oxygen atoms in total. The Morgan fingerprint density at radius 1 is 1.11 bits per heavy atom. The first-order valence-corrected chi connectivity index (χ1v) is 6.22. The first-order chi connectivity index (χ1) is 8.81. The van der Waals surface area contributed by atoms with E-state index in [0.29, 0.717) is 11.6 Å². The zero-order valence-electron chi connectivity index (χ0n) is 10.0. The first-order valence-electron chi connectivity index (χ1n) is 6.22. The van der Waals surface area contributed by atoms with Gasteiger partial charge in [-0.05, 0) is 30.5 Å². The van der Waals surface area contributed by atoms with Crippen molar-refractivity contribution >= 4 is 0 Å². The number of pyridine rings is 1. The number of nitrogens with zero attached hydrogens (tertiary/aromatic N) is 1. The standard InChI is InChI=1S/C15H15NO2/c17-10-12-6-9-14(11-4-2-1-3-5-11)16(15(12)18)13-7-8-13/h1-6,9,13,17H,7-8,10H2. The van der Waals surface area contributed by atoms with Crippen molar-refractivity contribution in [2.24, 2.45) is 0 Å². The molecule has 0 aliphatic heterocycles. The zero-order valence-corrected chi connectivity index (χ0v) is 10.0. The van der Waals surface area contributed by atoms with E-state index in [9.17, 15) is 9.90 Å². The van der Waals surface area contributed by atoms with E-state index in [1.807, 2.05) is 41.0 Å². The predicted octanol–water partition coefficient (Wildman–Crippen LogP) is 2.34. The summed E-state index contributed by atoms with van der Waals surface area (Å²) >= 11 is 0. The van der Waals surface area contributed by atoms with Crippen molar-refractivity contribution in [2.45, 2.75) is 25.5 Å². The molecule has 0 unspecified atom stereocenters. The largest absolute Gasteiger partial charge is 0.391 e. The van der Waals surface area contributed by atoms with Crippen LogP contribution in [-0.2, 0) is 6.61 Å². The van der Waals surface area contributed by atoms with Crippen molar-refractivity contribution in [3.8, 4) is 11.3 Å². The highest BCUT2D eigenvalue weighted by Crippen LogP contribution is 2.37. The number of hydrogen-bond acceptors (Lipinski definition) is 2. The average molecular weight is 241 g/mol. The molecule has 1 fully saturated rings. The fourth-order valence-corrected chi connectivity index (χ4v) is 2.26. The molecule has 0 amide bonds. The topological polar surface area (TPSA) is 42.2 Å². The molecule has 1 saturated carbocycles. The van der Waals surface area contributed by atoms with Gasteiger partial charge in [-0.25, -0.2) is 0 Å². The lowest BCUT2D eigenvalue weighted by molar-refractivity contribution is 0.279. The van der Waals surface area contributed by atoms with Gasteiger partial charge in [0.25, 0.3) is 5.56 Å². The SMILES string of the molecule is O=c1c(CO)ccc(-c2ccccc2)n1C1CC1. The summed E-state index contributed by atoms with van der Waals surface area (Å²) in [6.45, 7) is -0.194. The van der Waals surface area contributed by atoms with Gasteiger partial charge in [0.05, 0.1) is 12.3 Å². The number of rotatable bonds is 3. The Bertz CT molecular complexity index is 612. The first kappa shape index (κ1) is 11.2. The molecule has 1 aliphatic carbocycles. The molecule has 18 heavy (non-hydrogen) atoms. The molecule has 3 rings (SSSR count). The van der Waals surface area contributed by atoms with Crippen LogP contribution in [0.4, 0.5) is 0 Å². The Labute approximate surface area is 105 Å². The van der Waals surface area contributed by atoms with E-state index < -0.39 is 0 Å². The molecule has 92 valence electrons. The number of aromatic nitrogens is 1. The summed E-state index contributed by atoms with van der Waals surface area (Å²) < 4.78 is 1.83. The van der Waals surface area contributed by atoms with Crippen LogP contribution in [0.5, 0.6) is 0 Å². The van der Waals surface area contributed by atoms with Crippen LogP contribution >= 0.6 is 0 Å². The minimum absolute atomic E-state index is 0.0543. The maximum Gasteiger partial charge on any atom is 0.256 e. The van der Waals surface area contributed by atoms with Crippen molar-refractivity contribution in [1.29, 1.82) is 0 Å². The summed E-state index contributed by atoms with van der Waals surface area (Å²) in [5.74, 6) is 0. The van der Waals surface area contributed by atoms with Crippen LogP contribution in [-0.4, -0.2) is 9.67 Å². The molecule has 1 aliphatic rings. The molecule has 2 aromatic rings. The third-order valence-electron chi connectivity index (χ3n) is 3.35. The zero-order chi connectivity index (χ0) is 12.5. The molecule has 1 heterocycles. The number of benzene rings is 1. The van der Waals surface area contributed by atoms with Crippen LogP contribution in [0, 0.1) is 0 Å². The summed E-state index contributed by atoms with van der Waals surface area (Å²) in [6, 6.07) is 13.9. The number of hydrogen-bond donors (Lipinski definition) is 1. The van der Waals surface area contributed by atoms with Gasteiger partial charge in [-0.1, -0.05) is 30.3 Å². The highest BCUT2D eigenvalue weighted by atomic mass is 16.3. The molecule has 0 atom stereocenters. The highest BCUT2D eigenvalue weighted by Gasteiger charge is 2.27. The van der Waals surface area contributed by atoms with Crippen molar-refractivity contribution in [2.75, 3.05) is 0 Å². The molecule has 1 aromatic heterocycles. The van der Waals surface area contributed by atoms with Gasteiger partial charge >= 0.3 is 0 Å². The van der Waals surface area contributed by atoms with Crippen molar-refractivity contribution in [3.05, 3.63) is 58.4 Å². The van der Waals surface area contributed by atoms with Gasteiger partial charge in [0.1, 0.15) is 0 Å². The van der Waals surface area contributed by atoms with E-state index in [0.717, 1.165) is 24.1 Å². The normalized spacial score (nSPS) is 14.7. The fraction of sp³-hybridized carbons (Fsp3) is 0.267. The van der Waals surface area contributed by atoms with E-state index in [-0.39, 0.29) is 12.2 Å². The lowest BCUT2D eigenvalue weighted by atomic mass is 10.1. The van der Waals surface area contributed by atoms with Crippen LogP contribution in [0.3, 0.4) is 0 Å². The van der Waals surface area contributed by atoms with Gasteiger partial charge in [-0.2, -0.15) is 0 Å². The maximum absolute atomic E-state index is 12.3. The average Bonchev–Trinajstić information content (AvgIpc) is 3.23. The summed E-state index contributed by atoms with van der Waals surface area (Å²) in [7, 11) is 0. The van der Waals surface area contributed by atoms with Crippen LogP contribution in [0.1, 0.15) is 24.4 Å². The lowest BCUT2D eigenvalue weighted by Crippen LogP contribution is -2.24. The minimum atomic E-state index is -0.194. The molecule has 0 spiro atoms. The van der Waals surface area contributed by atoms with Crippen LogP contribution in [0.25, 0.3) is 11.3 Å². The Hall–Kier alpha value is -1.87. The fourth-order valence-electron chi connectivity index (χ4n) is 2.26. The van der Waals surface area contributed by atoms with Gasteiger partial charge in [-0.3, -0.25) is 4.79 Å². The number of aliphatic hydroxyl groups excluding tert-OH is 1. The molecule has 0 bridgehead atoms. The molecule has 0 radical (unpaired) electrons. The molecule has 3 heteroatoms. The summed E-state index contributed by atoms with van der Waals surface area (Å²) in [6.07, 6.45) is 2.10. The molecular formula is C15H15NO2. The van der Waals surface area contributed by atoms with E-state index >= 15 is 0 Å². The lowest BCUT2D eigenvalue weighted by Gasteiger charge is -2.13. The van der Waals surface area contributed by atoms with Gasteiger partial charge < -0.3 is 9.67 Å². The second kappa shape index (κ2) is 4.42. The maximum atomic E-state index is 12.3. The predicted molar refractivity (Wildman–Crippen MR) is 70.3 cm³/mol. The third kappa shape index (κ3) is 1.87. The van der Waals surface area contributed by atoms with Crippen LogP contribution < -0.4 is 5.56 Å². The van der Waals surface area contributed by atoms with Crippen molar-refractivity contribution in [3.63, 3.8) is 0 Å². The van der Waals surface area contributed by atoms with Gasteiger partial charge in [0.15, 0.2) is 0 Å². The number of aliphatic hydroxyl groups is 1. The molecule has 1 N–H and O–H groups in total. The summed E-state index contributed by atoms with van der Waals surface area (Å²) in [5, 5.41) is 9.19. The summed E-state index contributed by atoms with van der Waals surface area (Å²) in [5.41, 5.74) is 2.41. The van der Waals surface area contributed by atoms with E-state index in [4.69, 9.17) is 0 Å². The Morgan fingerprint density at radius 2 is 1.83 bits per heavy atom. The van der Waals surface area contributed by atoms with Crippen LogP contribution in [0.15, 0.2) is 47.3 Å². The smallest absolute Gasteiger partial charge is 0.256 e. The van der Waals surface area contributed by atoms with Gasteiger partial charge in [-0.15, -0.1) is 0 Å². The quantitative estimate of drug-likeness (QED) is 0.896. The highest BCUT2D eigenvalue weighted by molar-refractivity contribution is 5.60. The second-order valence-electron chi connectivity index (χ2n) is 4.67. The van der Waals surface area contributed by atoms with E-state index in [2.05, 4.69) is 0 Å². The van der Waals surface area contributed by atoms with Crippen molar-refractivity contribution in [1.82, 2.24) is 4.57 Å². The molecular weight excluding hydrogens is 226 g/mol. The molecule has 0 saturated heterocycles. The van der Waals surface area contributed by atoms with E-state index in [1.54, 1.807) is 6.07 Å². The van der Waals surface area contributed by atoms with E-state index in [1.165, 1.54) is 0 Å². The second-order valence-corrected chi connectivity index (χ2v) is 4.67. The monoisotopic (exact) mass is 241 g/mol. The van der Waals surface area contributed by atoms with Crippen molar-refractivity contribution < 1.29 is 5.11 Å². The van der Waals surface area contributed by atoms with Gasteiger partial charge in [0.2, 0.25) is 0 Å². The molecule has 1 aromatic carbocycles. The minimum Gasteiger partial charge on any atom is -0.391 e.